The molecule has 7 nitrogen and oxygen atoms in total. The number of hydrogen-bond donors (Lipinski definition) is 4. The fraction of sp³-hybridized carbons (Fsp3) is 0.583. The lowest BCUT2D eigenvalue weighted by molar-refractivity contribution is 0.179. The van der Waals surface area contributed by atoms with Gasteiger partial charge < -0.3 is 10.1 Å². The lowest BCUT2D eigenvalue weighted by Gasteiger charge is -2.08. The summed E-state index contributed by atoms with van der Waals surface area (Å²) in [5.74, 6) is 0.807. The van der Waals surface area contributed by atoms with Crippen LogP contribution in [0.4, 0.5) is 0 Å². The summed E-state index contributed by atoms with van der Waals surface area (Å²) in [6.45, 7) is 3.75. The quantitative estimate of drug-likeness (QED) is 0.634. The van der Waals surface area contributed by atoms with Crippen LogP contribution in [-0.2, 0) is 0 Å². The molecule has 104 valence electrons. The molecule has 2 rings (SSSR count). The van der Waals surface area contributed by atoms with Crippen LogP contribution >= 0.6 is 0 Å². The highest BCUT2D eigenvalue weighted by Crippen LogP contribution is 2.20. The smallest absolute Gasteiger partial charge is 0.327 e. The number of hydrogen-bond acceptors (Lipinski definition) is 4. The summed E-state index contributed by atoms with van der Waals surface area (Å²) in [7, 11) is 0. The SMILES string of the molecule is CC(O)CCCC(C)c1nc2[nH]c(=O)[nH]c(=O)c2[nH]1. The van der Waals surface area contributed by atoms with E-state index in [-0.39, 0.29) is 23.2 Å². The van der Waals surface area contributed by atoms with E-state index in [1.54, 1.807) is 6.92 Å². The molecule has 0 saturated heterocycles. The van der Waals surface area contributed by atoms with Crippen LogP contribution < -0.4 is 11.2 Å². The van der Waals surface area contributed by atoms with Gasteiger partial charge in [-0.2, -0.15) is 0 Å². The molecule has 19 heavy (non-hydrogen) atoms. The van der Waals surface area contributed by atoms with Crippen molar-refractivity contribution in [1.29, 1.82) is 0 Å². The highest BCUT2D eigenvalue weighted by molar-refractivity contribution is 5.68. The molecule has 2 aromatic rings. The number of H-pyrrole nitrogens is 3. The van der Waals surface area contributed by atoms with Gasteiger partial charge in [0.25, 0.3) is 5.56 Å². The highest BCUT2D eigenvalue weighted by Gasteiger charge is 2.13. The van der Waals surface area contributed by atoms with Crippen LogP contribution in [0.2, 0.25) is 0 Å². The van der Waals surface area contributed by atoms with Crippen molar-refractivity contribution in [3.63, 3.8) is 0 Å². The Morgan fingerprint density at radius 1 is 1.16 bits per heavy atom. The van der Waals surface area contributed by atoms with E-state index in [2.05, 4.69) is 19.9 Å². The van der Waals surface area contributed by atoms with E-state index < -0.39 is 11.2 Å². The first-order valence-electron chi connectivity index (χ1n) is 6.37. The third-order valence-corrected chi connectivity index (χ3v) is 3.13. The summed E-state index contributed by atoms with van der Waals surface area (Å²) >= 11 is 0. The molecule has 0 bridgehead atoms. The van der Waals surface area contributed by atoms with Gasteiger partial charge in [-0.15, -0.1) is 0 Å². The molecule has 0 radical (unpaired) electrons. The lowest BCUT2D eigenvalue weighted by atomic mass is 10.0. The fourth-order valence-electron chi connectivity index (χ4n) is 2.04. The van der Waals surface area contributed by atoms with Crippen molar-refractivity contribution in [3.8, 4) is 0 Å². The number of aromatic nitrogens is 4. The van der Waals surface area contributed by atoms with Gasteiger partial charge in [-0.1, -0.05) is 13.3 Å². The van der Waals surface area contributed by atoms with Crippen LogP contribution in [0.5, 0.6) is 0 Å². The number of aliphatic hydroxyl groups is 1. The molecule has 2 aromatic heterocycles. The maximum absolute atomic E-state index is 11.6. The van der Waals surface area contributed by atoms with E-state index in [0.29, 0.717) is 5.82 Å². The second-order valence-corrected chi connectivity index (χ2v) is 4.93. The third kappa shape index (κ3) is 3.11. The van der Waals surface area contributed by atoms with Gasteiger partial charge in [-0.05, 0) is 19.8 Å². The van der Waals surface area contributed by atoms with Crippen LogP contribution in [0.1, 0.15) is 44.9 Å². The summed E-state index contributed by atoms with van der Waals surface area (Å²) < 4.78 is 0. The van der Waals surface area contributed by atoms with E-state index in [1.165, 1.54) is 0 Å². The Balaban J connectivity index is 2.19. The van der Waals surface area contributed by atoms with Crippen molar-refractivity contribution < 1.29 is 5.11 Å². The molecule has 0 fully saturated rings. The number of nitrogens with zero attached hydrogens (tertiary/aromatic N) is 1. The van der Waals surface area contributed by atoms with Crippen LogP contribution in [-0.4, -0.2) is 31.1 Å². The Bertz CT molecular complexity index is 667. The summed E-state index contributed by atoms with van der Waals surface area (Å²) in [5, 5.41) is 9.21. The second-order valence-electron chi connectivity index (χ2n) is 4.93. The van der Waals surface area contributed by atoms with Crippen molar-refractivity contribution >= 4 is 11.2 Å². The summed E-state index contributed by atoms with van der Waals surface area (Å²) in [6, 6.07) is 0. The highest BCUT2D eigenvalue weighted by atomic mass is 16.3. The fourth-order valence-corrected chi connectivity index (χ4v) is 2.04. The molecule has 0 aliphatic heterocycles. The topological polar surface area (TPSA) is 115 Å². The molecule has 0 aliphatic rings. The normalized spacial score (nSPS) is 14.7. The van der Waals surface area contributed by atoms with Crippen molar-refractivity contribution in [2.75, 3.05) is 0 Å². The number of nitrogens with one attached hydrogen (secondary N) is 3. The second kappa shape index (κ2) is 5.40. The molecule has 7 heteroatoms. The van der Waals surface area contributed by atoms with E-state index in [1.807, 2.05) is 6.92 Å². The minimum Gasteiger partial charge on any atom is -0.393 e. The largest absolute Gasteiger partial charge is 0.393 e. The Hall–Kier alpha value is -1.89. The maximum Gasteiger partial charge on any atom is 0.327 e. The standard InChI is InChI=1S/C12H18N4O3/c1-6(4-3-5-7(2)17)9-13-8-10(14-9)15-12(19)16-11(8)18/h6-7,17H,3-5H2,1-2H3,(H3,13,14,15,16,18,19). The average molecular weight is 266 g/mol. The van der Waals surface area contributed by atoms with Gasteiger partial charge in [-0.3, -0.25) is 14.8 Å². The zero-order valence-electron chi connectivity index (χ0n) is 11.0. The Kier molecular flexibility index (Phi) is 3.84. The third-order valence-electron chi connectivity index (χ3n) is 3.13. The molecule has 4 N–H and O–H groups in total. The number of aromatic amines is 3. The Morgan fingerprint density at radius 2 is 1.89 bits per heavy atom. The lowest BCUT2D eigenvalue weighted by Crippen LogP contribution is -2.21. The molecule has 0 amide bonds. The zero-order valence-corrected chi connectivity index (χ0v) is 11.0. The molecule has 2 unspecified atom stereocenters. The van der Waals surface area contributed by atoms with Crippen LogP contribution in [0.25, 0.3) is 11.2 Å². The first-order chi connectivity index (χ1) is 8.97. The van der Waals surface area contributed by atoms with Crippen LogP contribution in [0.15, 0.2) is 9.59 Å². The van der Waals surface area contributed by atoms with Gasteiger partial charge in [0.15, 0.2) is 5.65 Å². The van der Waals surface area contributed by atoms with Crippen molar-refractivity contribution in [1.82, 2.24) is 19.9 Å². The van der Waals surface area contributed by atoms with E-state index in [0.717, 1.165) is 19.3 Å². The monoisotopic (exact) mass is 266 g/mol. The van der Waals surface area contributed by atoms with Gasteiger partial charge in [-0.25, -0.2) is 9.78 Å². The Morgan fingerprint density at radius 3 is 2.58 bits per heavy atom. The number of imidazole rings is 1. The summed E-state index contributed by atoms with van der Waals surface area (Å²) in [5.41, 5.74) is -0.450. The number of rotatable bonds is 5. The van der Waals surface area contributed by atoms with E-state index in [4.69, 9.17) is 0 Å². The minimum absolute atomic E-state index is 0.133. The first-order valence-corrected chi connectivity index (χ1v) is 6.37. The Labute approximate surface area is 109 Å². The summed E-state index contributed by atoms with van der Waals surface area (Å²) in [4.78, 5) is 34.5. The van der Waals surface area contributed by atoms with Crippen LogP contribution in [0.3, 0.4) is 0 Å². The maximum atomic E-state index is 11.6. The zero-order chi connectivity index (χ0) is 14.0. The molecular weight excluding hydrogens is 248 g/mol. The molecule has 2 atom stereocenters. The molecular formula is C12H18N4O3. The molecule has 0 aliphatic carbocycles. The molecule has 0 saturated carbocycles. The van der Waals surface area contributed by atoms with Crippen molar-refractivity contribution in [2.24, 2.45) is 0 Å². The van der Waals surface area contributed by atoms with E-state index >= 15 is 0 Å². The van der Waals surface area contributed by atoms with Gasteiger partial charge in [0.05, 0.1) is 6.10 Å². The van der Waals surface area contributed by atoms with Gasteiger partial charge in [0.1, 0.15) is 11.3 Å². The average Bonchev–Trinajstić information content (AvgIpc) is 2.72. The van der Waals surface area contributed by atoms with E-state index in [9.17, 15) is 14.7 Å². The summed E-state index contributed by atoms with van der Waals surface area (Å²) in [6.07, 6.45) is 2.17. The van der Waals surface area contributed by atoms with Gasteiger partial charge in [0, 0.05) is 5.92 Å². The van der Waals surface area contributed by atoms with Crippen molar-refractivity contribution in [2.45, 2.75) is 45.1 Å². The van der Waals surface area contributed by atoms with Crippen molar-refractivity contribution in [3.05, 3.63) is 26.7 Å². The molecule has 0 aromatic carbocycles. The predicted octanol–water partition coefficient (Wildman–Crippen LogP) is 0.594. The molecule has 2 heterocycles. The number of fused-ring (bicyclic) bond motifs is 1. The van der Waals surface area contributed by atoms with Crippen LogP contribution in [0, 0.1) is 0 Å². The first kappa shape index (κ1) is 13.5. The van der Waals surface area contributed by atoms with Gasteiger partial charge in [0.2, 0.25) is 0 Å². The minimum atomic E-state index is -0.558. The predicted molar refractivity (Wildman–Crippen MR) is 71.3 cm³/mol. The number of aliphatic hydroxyl groups excluding tert-OH is 1. The van der Waals surface area contributed by atoms with Gasteiger partial charge >= 0.3 is 5.69 Å². The molecule has 0 spiro atoms.